The minimum absolute atomic E-state index is 0. The lowest BCUT2D eigenvalue weighted by Crippen LogP contribution is -2.50. The lowest BCUT2D eigenvalue weighted by molar-refractivity contribution is -0.130. The predicted molar refractivity (Wildman–Crippen MR) is 167 cm³/mol. The molecular formula is C30H37ClN10O2. The number of nitrogens with zero attached hydrogens (tertiary/aromatic N) is 7. The fraction of sp³-hybridized carbons (Fsp3) is 0.367. The summed E-state index contributed by atoms with van der Waals surface area (Å²) >= 11 is 0. The molecule has 5 N–H and O–H groups in total. The molecule has 12 nitrogen and oxygen atoms in total. The largest absolute Gasteiger partial charge is 0.347 e. The number of nitrogens with two attached hydrogens (primary N) is 2. The summed E-state index contributed by atoms with van der Waals surface area (Å²) in [5, 5.41) is 13.9. The van der Waals surface area contributed by atoms with Crippen LogP contribution in [0.2, 0.25) is 0 Å². The van der Waals surface area contributed by atoms with E-state index in [-0.39, 0.29) is 30.7 Å². The van der Waals surface area contributed by atoms with E-state index < -0.39 is 11.9 Å². The first kappa shape index (κ1) is 31.7. The molecule has 0 aliphatic heterocycles. The molecule has 2 aromatic carbocycles. The van der Waals surface area contributed by atoms with Crippen LogP contribution < -0.4 is 21.3 Å². The van der Waals surface area contributed by atoms with E-state index in [1.165, 1.54) is 4.90 Å². The number of benzene rings is 2. The van der Waals surface area contributed by atoms with Crippen molar-refractivity contribution in [1.82, 2.24) is 30.6 Å². The molecule has 13 heteroatoms. The zero-order valence-corrected chi connectivity index (χ0v) is 25.1. The predicted octanol–water partition coefficient (Wildman–Crippen LogP) is 3.01. The smallest absolute Gasteiger partial charge is 0.251 e. The number of H-pyrrole nitrogens is 1. The third-order valence-electron chi connectivity index (χ3n) is 7.79. The molecule has 2 heterocycles. The van der Waals surface area contributed by atoms with Gasteiger partial charge in [0, 0.05) is 43.5 Å². The zero-order valence-electron chi connectivity index (χ0n) is 24.3. The van der Waals surface area contributed by atoms with Crippen molar-refractivity contribution >= 4 is 35.9 Å². The van der Waals surface area contributed by atoms with Gasteiger partial charge in [-0.25, -0.2) is 20.0 Å². The molecule has 0 unspecified atom stereocenters. The van der Waals surface area contributed by atoms with Crippen molar-refractivity contribution < 1.29 is 9.59 Å². The van der Waals surface area contributed by atoms with Gasteiger partial charge in [0.05, 0.1) is 11.7 Å². The Morgan fingerprint density at radius 3 is 2.28 bits per heavy atom. The van der Waals surface area contributed by atoms with Crippen molar-refractivity contribution in [3.63, 3.8) is 0 Å². The fourth-order valence-corrected chi connectivity index (χ4v) is 5.33. The quantitative estimate of drug-likeness (QED) is 0.258. The molecule has 0 spiro atoms. The van der Waals surface area contributed by atoms with Gasteiger partial charge in [-0.15, -0.1) is 17.5 Å². The highest BCUT2D eigenvalue weighted by molar-refractivity contribution is 6.17. The number of amides is 2. The number of nitrogens with one attached hydrogen (secondary N) is 1. The lowest BCUT2D eigenvalue weighted by Gasteiger charge is -2.32. The first-order chi connectivity index (χ1) is 20.3. The second-order valence-electron chi connectivity index (χ2n) is 10.9. The van der Waals surface area contributed by atoms with Crippen LogP contribution in [0.25, 0.3) is 22.5 Å². The van der Waals surface area contributed by atoms with Gasteiger partial charge in [-0.1, -0.05) is 24.3 Å². The molecule has 1 fully saturated rings. The Morgan fingerprint density at radius 1 is 0.977 bits per heavy atom. The molecule has 226 valence electrons. The second kappa shape index (κ2) is 14.3. The van der Waals surface area contributed by atoms with Crippen molar-refractivity contribution in [2.45, 2.75) is 38.1 Å². The van der Waals surface area contributed by atoms with Crippen molar-refractivity contribution in [2.75, 3.05) is 30.4 Å². The van der Waals surface area contributed by atoms with Crippen LogP contribution in [0.4, 0.5) is 11.6 Å². The van der Waals surface area contributed by atoms with Crippen molar-refractivity contribution in [3.05, 3.63) is 66.5 Å². The molecule has 0 radical (unpaired) electrons. The third kappa shape index (κ3) is 7.39. The van der Waals surface area contributed by atoms with E-state index in [1.807, 2.05) is 43.3 Å². The Hall–Kier alpha value is -4.26. The summed E-state index contributed by atoms with van der Waals surface area (Å²) < 4.78 is 0. The molecular weight excluding hydrogens is 568 g/mol. The maximum Gasteiger partial charge on any atom is 0.251 e. The van der Waals surface area contributed by atoms with E-state index in [0.717, 1.165) is 35.1 Å². The van der Waals surface area contributed by atoms with Crippen LogP contribution in [0.15, 0.2) is 60.9 Å². The van der Waals surface area contributed by atoms with E-state index in [1.54, 1.807) is 36.7 Å². The Balaban J connectivity index is 0.00000423. The second-order valence-corrected chi connectivity index (χ2v) is 10.9. The van der Waals surface area contributed by atoms with Gasteiger partial charge in [-0.2, -0.15) is 0 Å². The standard InChI is InChI=1S/C30H36N10O2.ClH/c1-39(2)30-33-17-24(18-34-30)23-5-3-4-20(14-23)15-26(32)29(42)40(28(41)22-8-6-19(16-31)7-9-22)25-12-10-21(11-13-25)27-35-37-38-36-27;/h3-5,10-14,17-19,22,26H,6-9,15-16,31-32H2,1-2H3,(H,35,36,37,38);1H/t19-,22-,26-;/m0./s1. The van der Waals surface area contributed by atoms with Crippen molar-refractivity contribution in [1.29, 1.82) is 0 Å². The Bertz CT molecular complexity index is 1490. The molecule has 1 aliphatic carbocycles. The third-order valence-corrected chi connectivity index (χ3v) is 7.79. The summed E-state index contributed by atoms with van der Waals surface area (Å²) in [7, 11) is 3.77. The number of carbonyl (C=O) groups excluding carboxylic acids is 2. The summed E-state index contributed by atoms with van der Waals surface area (Å²) in [6.07, 6.45) is 6.91. The van der Waals surface area contributed by atoms with Crippen LogP contribution in [0.3, 0.4) is 0 Å². The van der Waals surface area contributed by atoms with Gasteiger partial charge in [0.25, 0.3) is 5.91 Å². The number of anilines is 2. The number of tetrazole rings is 1. The summed E-state index contributed by atoms with van der Waals surface area (Å²) in [4.78, 5) is 39.7. The normalized spacial score (nSPS) is 17.0. The van der Waals surface area contributed by atoms with Gasteiger partial charge < -0.3 is 16.4 Å². The van der Waals surface area contributed by atoms with Crippen molar-refractivity contribution in [3.8, 4) is 22.5 Å². The fourth-order valence-electron chi connectivity index (χ4n) is 5.33. The van der Waals surface area contributed by atoms with Crippen LogP contribution in [-0.4, -0.2) is 69.1 Å². The van der Waals surface area contributed by atoms with Gasteiger partial charge in [0.2, 0.25) is 11.9 Å². The lowest BCUT2D eigenvalue weighted by atomic mass is 9.81. The molecule has 2 aromatic heterocycles. The maximum atomic E-state index is 13.9. The van der Waals surface area contributed by atoms with Gasteiger partial charge in [-0.05, 0) is 90.4 Å². The highest BCUT2D eigenvalue weighted by atomic mass is 35.5. The van der Waals surface area contributed by atoms with Gasteiger partial charge in [0.1, 0.15) is 0 Å². The van der Waals surface area contributed by atoms with Crippen LogP contribution >= 0.6 is 12.4 Å². The van der Waals surface area contributed by atoms with Crippen LogP contribution in [0.5, 0.6) is 0 Å². The molecule has 1 aliphatic rings. The molecule has 4 aromatic rings. The average Bonchev–Trinajstić information content (AvgIpc) is 3.57. The summed E-state index contributed by atoms with van der Waals surface area (Å²) in [6.45, 7) is 0.609. The number of aromatic nitrogens is 6. The number of halogens is 1. The summed E-state index contributed by atoms with van der Waals surface area (Å²) in [5.41, 5.74) is 16.2. The highest BCUT2D eigenvalue weighted by Gasteiger charge is 2.35. The van der Waals surface area contributed by atoms with E-state index in [4.69, 9.17) is 11.5 Å². The Morgan fingerprint density at radius 2 is 1.67 bits per heavy atom. The number of hydrogen-bond donors (Lipinski definition) is 3. The van der Waals surface area contributed by atoms with E-state index in [2.05, 4.69) is 30.6 Å². The van der Waals surface area contributed by atoms with Crippen LogP contribution in [0.1, 0.15) is 31.2 Å². The average molecular weight is 605 g/mol. The van der Waals surface area contributed by atoms with E-state index in [9.17, 15) is 9.59 Å². The van der Waals surface area contributed by atoms with Crippen molar-refractivity contribution in [2.24, 2.45) is 23.3 Å². The maximum absolute atomic E-state index is 13.9. The van der Waals surface area contributed by atoms with Crippen LogP contribution in [0, 0.1) is 11.8 Å². The number of hydrogen-bond acceptors (Lipinski definition) is 10. The first-order valence-electron chi connectivity index (χ1n) is 14.1. The number of imide groups is 1. The number of aromatic amines is 1. The minimum Gasteiger partial charge on any atom is -0.347 e. The van der Waals surface area contributed by atoms with Gasteiger partial charge >= 0.3 is 0 Å². The minimum atomic E-state index is -0.935. The first-order valence-corrected chi connectivity index (χ1v) is 14.1. The SMILES string of the molecule is CN(C)c1ncc(-c2cccc(C[C@H](N)C(=O)N(c3ccc(-c4nnn[nH]4)cc3)C(=O)[C@H]3CC[C@H](CN)CC3)c2)cn1.Cl. The Kier molecular flexibility index (Phi) is 10.5. The molecule has 0 saturated heterocycles. The van der Waals surface area contributed by atoms with Crippen LogP contribution in [-0.2, 0) is 16.0 Å². The summed E-state index contributed by atoms with van der Waals surface area (Å²) in [6, 6.07) is 13.8. The molecule has 2 amide bonds. The zero-order chi connectivity index (χ0) is 29.6. The molecule has 1 saturated carbocycles. The monoisotopic (exact) mass is 604 g/mol. The number of rotatable bonds is 9. The van der Waals surface area contributed by atoms with E-state index >= 15 is 0 Å². The summed E-state index contributed by atoms with van der Waals surface area (Å²) in [5.74, 6) is 0.576. The topological polar surface area (TPSA) is 173 Å². The number of carbonyl (C=O) groups is 2. The molecule has 43 heavy (non-hydrogen) atoms. The van der Waals surface area contributed by atoms with Gasteiger partial charge in [-0.3, -0.25) is 9.59 Å². The molecule has 0 bridgehead atoms. The molecule has 5 rings (SSSR count). The Labute approximate surface area is 256 Å². The van der Waals surface area contributed by atoms with Gasteiger partial charge in [0.15, 0.2) is 5.82 Å². The highest BCUT2D eigenvalue weighted by Crippen LogP contribution is 2.32. The molecule has 1 atom stereocenters. The van der Waals surface area contributed by atoms with E-state index in [0.29, 0.717) is 42.8 Å².